The summed E-state index contributed by atoms with van der Waals surface area (Å²) in [5, 5.41) is 0. The molecule has 0 bridgehead atoms. The number of fused-ring (bicyclic) bond motifs is 1. The van der Waals surface area contributed by atoms with Gasteiger partial charge in [0.1, 0.15) is 0 Å². The SMILES string of the molecule is CCc1ccc(C(=O)c2cc3c(cc2N)OCO3)cc1. The van der Waals surface area contributed by atoms with E-state index in [2.05, 4.69) is 6.92 Å². The van der Waals surface area contributed by atoms with Gasteiger partial charge in [0, 0.05) is 22.9 Å². The summed E-state index contributed by atoms with van der Waals surface area (Å²) in [6, 6.07) is 10.8. The van der Waals surface area contributed by atoms with Crippen molar-refractivity contribution in [2.45, 2.75) is 13.3 Å². The van der Waals surface area contributed by atoms with Gasteiger partial charge in [-0.2, -0.15) is 0 Å². The van der Waals surface area contributed by atoms with Gasteiger partial charge in [-0.25, -0.2) is 0 Å². The molecule has 0 aromatic heterocycles. The topological polar surface area (TPSA) is 61.6 Å². The third kappa shape index (κ3) is 2.09. The number of carbonyl (C=O) groups excluding carboxylic acids is 1. The molecule has 2 aromatic rings. The first kappa shape index (κ1) is 12.5. The first-order valence-corrected chi connectivity index (χ1v) is 6.52. The molecule has 4 heteroatoms. The molecule has 1 heterocycles. The molecule has 1 aliphatic rings. The van der Waals surface area contributed by atoms with Crippen LogP contribution in [-0.2, 0) is 6.42 Å². The first-order valence-electron chi connectivity index (χ1n) is 6.52. The number of carbonyl (C=O) groups is 1. The standard InChI is InChI=1S/C16H15NO3/c1-2-10-3-5-11(6-4-10)16(18)12-7-14-15(8-13(12)17)20-9-19-14/h3-8H,2,9,17H2,1H3. The molecule has 2 aromatic carbocycles. The van der Waals surface area contributed by atoms with Crippen LogP contribution in [0.25, 0.3) is 0 Å². The van der Waals surface area contributed by atoms with E-state index in [1.807, 2.05) is 24.3 Å². The van der Waals surface area contributed by atoms with Gasteiger partial charge < -0.3 is 15.2 Å². The van der Waals surface area contributed by atoms with E-state index >= 15 is 0 Å². The smallest absolute Gasteiger partial charge is 0.231 e. The minimum Gasteiger partial charge on any atom is -0.454 e. The molecule has 0 spiro atoms. The summed E-state index contributed by atoms with van der Waals surface area (Å²) in [7, 11) is 0. The van der Waals surface area contributed by atoms with Crippen molar-refractivity contribution >= 4 is 11.5 Å². The molecule has 0 unspecified atom stereocenters. The fraction of sp³-hybridized carbons (Fsp3) is 0.188. The summed E-state index contributed by atoms with van der Waals surface area (Å²) in [5.74, 6) is 1.04. The van der Waals surface area contributed by atoms with Gasteiger partial charge in [-0.05, 0) is 18.1 Å². The predicted molar refractivity (Wildman–Crippen MR) is 76.2 cm³/mol. The van der Waals surface area contributed by atoms with Crippen LogP contribution in [0.4, 0.5) is 5.69 Å². The van der Waals surface area contributed by atoms with Gasteiger partial charge in [-0.1, -0.05) is 31.2 Å². The van der Waals surface area contributed by atoms with Crippen molar-refractivity contribution in [3.05, 3.63) is 53.1 Å². The maximum absolute atomic E-state index is 12.5. The zero-order chi connectivity index (χ0) is 14.1. The molecule has 102 valence electrons. The lowest BCUT2D eigenvalue weighted by molar-refractivity contribution is 0.103. The molecule has 0 saturated heterocycles. The molecule has 3 rings (SSSR count). The Hall–Kier alpha value is -2.49. The largest absolute Gasteiger partial charge is 0.454 e. The Kier molecular flexibility index (Phi) is 3.06. The summed E-state index contributed by atoms with van der Waals surface area (Å²) in [5.41, 5.74) is 8.59. The highest BCUT2D eigenvalue weighted by Gasteiger charge is 2.20. The third-order valence-electron chi connectivity index (χ3n) is 3.41. The summed E-state index contributed by atoms with van der Waals surface area (Å²) in [6.07, 6.45) is 0.945. The van der Waals surface area contributed by atoms with Crippen LogP contribution in [0.15, 0.2) is 36.4 Å². The van der Waals surface area contributed by atoms with Crippen molar-refractivity contribution in [2.24, 2.45) is 0 Å². The van der Waals surface area contributed by atoms with E-state index in [0.29, 0.717) is 28.3 Å². The number of anilines is 1. The van der Waals surface area contributed by atoms with Gasteiger partial charge in [0.25, 0.3) is 0 Å². The van der Waals surface area contributed by atoms with Crippen LogP contribution >= 0.6 is 0 Å². The number of nitrogens with two attached hydrogens (primary N) is 1. The van der Waals surface area contributed by atoms with E-state index in [-0.39, 0.29) is 12.6 Å². The Bertz CT molecular complexity index is 662. The summed E-state index contributed by atoms with van der Waals surface area (Å²) in [6.45, 7) is 2.24. The molecule has 0 fully saturated rings. The second-order valence-corrected chi connectivity index (χ2v) is 4.67. The number of benzene rings is 2. The van der Waals surface area contributed by atoms with E-state index in [1.165, 1.54) is 5.56 Å². The predicted octanol–water partition coefficient (Wildman–Crippen LogP) is 2.79. The van der Waals surface area contributed by atoms with Gasteiger partial charge in [0.05, 0.1) is 0 Å². The molecular formula is C16H15NO3. The molecular weight excluding hydrogens is 254 g/mol. The van der Waals surface area contributed by atoms with Crippen LogP contribution in [-0.4, -0.2) is 12.6 Å². The minimum absolute atomic E-state index is 0.108. The van der Waals surface area contributed by atoms with Crippen molar-refractivity contribution in [3.8, 4) is 11.5 Å². The molecule has 0 aliphatic carbocycles. The van der Waals surface area contributed by atoms with Crippen LogP contribution in [0.3, 0.4) is 0 Å². The lowest BCUT2D eigenvalue weighted by atomic mass is 9.99. The Morgan fingerprint density at radius 1 is 1.15 bits per heavy atom. The van der Waals surface area contributed by atoms with Crippen molar-refractivity contribution < 1.29 is 14.3 Å². The lowest BCUT2D eigenvalue weighted by Crippen LogP contribution is -2.05. The van der Waals surface area contributed by atoms with E-state index in [0.717, 1.165) is 6.42 Å². The zero-order valence-corrected chi connectivity index (χ0v) is 11.2. The Morgan fingerprint density at radius 3 is 2.45 bits per heavy atom. The molecule has 2 N–H and O–H groups in total. The van der Waals surface area contributed by atoms with Crippen LogP contribution < -0.4 is 15.2 Å². The van der Waals surface area contributed by atoms with Crippen molar-refractivity contribution in [2.75, 3.05) is 12.5 Å². The summed E-state index contributed by atoms with van der Waals surface area (Å²) >= 11 is 0. The summed E-state index contributed by atoms with van der Waals surface area (Å²) in [4.78, 5) is 12.5. The second-order valence-electron chi connectivity index (χ2n) is 4.67. The molecule has 20 heavy (non-hydrogen) atoms. The number of nitrogen functional groups attached to an aromatic ring is 1. The third-order valence-corrected chi connectivity index (χ3v) is 3.41. The number of rotatable bonds is 3. The average molecular weight is 269 g/mol. The molecule has 0 radical (unpaired) electrons. The highest BCUT2D eigenvalue weighted by molar-refractivity contribution is 6.12. The van der Waals surface area contributed by atoms with Gasteiger partial charge in [0.2, 0.25) is 6.79 Å². The van der Waals surface area contributed by atoms with E-state index < -0.39 is 0 Å². The Balaban J connectivity index is 1.97. The van der Waals surface area contributed by atoms with Crippen molar-refractivity contribution in [1.82, 2.24) is 0 Å². The average Bonchev–Trinajstić information content (AvgIpc) is 2.93. The fourth-order valence-corrected chi connectivity index (χ4v) is 2.20. The maximum atomic E-state index is 12.5. The fourth-order valence-electron chi connectivity index (χ4n) is 2.20. The van der Waals surface area contributed by atoms with Gasteiger partial charge in [-0.15, -0.1) is 0 Å². The number of hydrogen-bond donors (Lipinski definition) is 1. The van der Waals surface area contributed by atoms with E-state index in [4.69, 9.17) is 15.2 Å². The molecule has 1 aliphatic heterocycles. The maximum Gasteiger partial charge on any atom is 0.231 e. The highest BCUT2D eigenvalue weighted by Crippen LogP contribution is 2.36. The molecule has 0 atom stereocenters. The lowest BCUT2D eigenvalue weighted by Gasteiger charge is -2.07. The molecule has 0 saturated carbocycles. The second kappa shape index (κ2) is 4.89. The zero-order valence-electron chi connectivity index (χ0n) is 11.2. The van der Waals surface area contributed by atoms with Crippen LogP contribution in [0.2, 0.25) is 0 Å². The van der Waals surface area contributed by atoms with Crippen LogP contribution in [0.5, 0.6) is 11.5 Å². The van der Waals surface area contributed by atoms with E-state index in [1.54, 1.807) is 12.1 Å². The van der Waals surface area contributed by atoms with E-state index in [9.17, 15) is 4.79 Å². The Morgan fingerprint density at radius 2 is 1.80 bits per heavy atom. The number of ketones is 1. The number of aryl methyl sites for hydroxylation is 1. The van der Waals surface area contributed by atoms with Crippen LogP contribution in [0.1, 0.15) is 28.4 Å². The van der Waals surface area contributed by atoms with Gasteiger partial charge >= 0.3 is 0 Å². The number of hydrogen-bond acceptors (Lipinski definition) is 4. The summed E-state index contributed by atoms with van der Waals surface area (Å²) < 4.78 is 10.5. The highest BCUT2D eigenvalue weighted by atomic mass is 16.7. The van der Waals surface area contributed by atoms with Crippen LogP contribution in [0, 0.1) is 0 Å². The van der Waals surface area contributed by atoms with Crippen molar-refractivity contribution in [3.63, 3.8) is 0 Å². The van der Waals surface area contributed by atoms with Crippen molar-refractivity contribution in [1.29, 1.82) is 0 Å². The normalized spacial score (nSPS) is 12.4. The number of ether oxygens (including phenoxy) is 2. The molecule has 4 nitrogen and oxygen atoms in total. The quantitative estimate of drug-likeness (QED) is 0.687. The minimum atomic E-state index is -0.108. The van der Waals surface area contributed by atoms with Gasteiger partial charge in [-0.3, -0.25) is 4.79 Å². The van der Waals surface area contributed by atoms with Gasteiger partial charge in [0.15, 0.2) is 17.3 Å². The molecule has 0 amide bonds. The monoisotopic (exact) mass is 269 g/mol. The first-order chi connectivity index (χ1) is 9.69. The Labute approximate surface area is 117 Å².